The summed E-state index contributed by atoms with van der Waals surface area (Å²) in [5.41, 5.74) is 1.75. The lowest BCUT2D eigenvalue weighted by molar-refractivity contribution is -0.198. The van der Waals surface area contributed by atoms with Crippen LogP contribution in [-0.4, -0.2) is 106 Å². The minimum Gasteiger partial charge on any atom is -0.748 e. The predicted octanol–water partition coefficient (Wildman–Crippen LogP) is 2.03. The van der Waals surface area contributed by atoms with E-state index in [1.54, 1.807) is 42.2 Å². The van der Waals surface area contributed by atoms with Gasteiger partial charge in [-0.25, -0.2) is 34.6 Å². The average molecular weight is 878 g/mol. The van der Waals surface area contributed by atoms with E-state index in [0.717, 1.165) is 22.6 Å². The van der Waals surface area contributed by atoms with Crippen molar-refractivity contribution in [2.45, 2.75) is 62.7 Å². The standard InChI is InChI=1S/C38H45N3O15S3/c1-3-39(18-6-24-58(48,49)50)28-9-11-30-27(15-21-55-33(30)25-28)7-4-8-34-38(2,17-5-23-57(45,46)47)31-26-29(59(51,52)53)10-12-32(31)40(34)19-22-54-20-16-37(44)56-41-35(42)13-14-36(41)43/h4,7-12,15,21,25-26H,3,5-6,13-14,16-20,22-24H2,1-2H3,(H2-,45,46,47,48,49,50,51,52,53)/p-2. The van der Waals surface area contributed by atoms with Gasteiger partial charge >= 0.3 is 5.97 Å². The Morgan fingerprint density at radius 1 is 0.932 bits per heavy atom. The quantitative estimate of drug-likeness (QED) is 0.0722. The fourth-order valence-electron chi connectivity index (χ4n) is 7.12. The van der Waals surface area contributed by atoms with E-state index in [1.165, 1.54) is 18.4 Å². The molecule has 2 amide bonds. The molecule has 3 aliphatic heterocycles. The zero-order valence-electron chi connectivity index (χ0n) is 32.2. The van der Waals surface area contributed by atoms with Gasteiger partial charge in [0.1, 0.15) is 29.0 Å². The highest BCUT2D eigenvalue weighted by atomic mass is 32.2. The largest absolute Gasteiger partial charge is 0.748 e. The van der Waals surface area contributed by atoms with Crippen LogP contribution in [0, 0.1) is 0 Å². The monoisotopic (exact) mass is 877 g/mol. The van der Waals surface area contributed by atoms with E-state index in [2.05, 4.69) is 0 Å². The van der Waals surface area contributed by atoms with Crippen LogP contribution in [0.3, 0.4) is 0 Å². The number of anilines is 1. The van der Waals surface area contributed by atoms with Gasteiger partial charge in [0, 0.05) is 65.7 Å². The molecule has 0 radical (unpaired) electrons. The number of rotatable bonds is 19. The van der Waals surface area contributed by atoms with Crippen LogP contribution in [-0.2, 0) is 59.7 Å². The van der Waals surface area contributed by atoms with Gasteiger partial charge in [-0.15, -0.1) is 5.06 Å². The fraction of sp³-hybridized carbons (Fsp3) is 0.421. The summed E-state index contributed by atoms with van der Waals surface area (Å²) < 4.78 is 118. The Labute approximate surface area is 342 Å². The number of carbonyl (C=O) groups excluding carboxylic acids is 3. The Kier molecular flexibility index (Phi) is 14.3. The van der Waals surface area contributed by atoms with Crippen molar-refractivity contribution >= 4 is 59.9 Å². The average Bonchev–Trinajstić information content (AvgIpc) is 3.58. The minimum absolute atomic E-state index is 0.00336. The number of imide groups is 1. The van der Waals surface area contributed by atoms with E-state index in [-0.39, 0.29) is 58.3 Å². The molecule has 4 aliphatic rings. The predicted molar refractivity (Wildman–Crippen MR) is 208 cm³/mol. The topological polar surface area (TPSA) is 264 Å². The first-order valence-corrected chi connectivity index (χ1v) is 23.1. The molecule has 21 heteroatoms. The third-order valence-corrected chi connectivity index (χ3v) is 12.4. The molecule has 0 N–H and O–H groups in total. The van der Waals surface area contributed by atoms with Gasteiger partial charge in [0.25, 0.3) is 11.8 Å². The second kappa shape index (κ2) is 18.7. The summed E-state index contributed by atoms with van der Waals surface area (Å²) in [6.07, 6.45) is 6.46. The Morgan fingerprint density at radius 3 is 2.29 bits per heavy atom. The molecule has 0 aromatic heterocycles. The molecule has 1 aromatic carbocycles. The summed E-state index contributed by atoms with van der Waals surface area (Å²) in [5.74, 6) is -2.76. The lowest BCUT2D eigenvalue weighted by Gasteiger charge is -2.30. The van der Waals surface area contributed by atoms with E-state index in [9.17, 15) is 53.3 Å². The number of hydroxylamine groups is 2. The van der Waals surface area contributed by atoms with Crippen molar-refractivity contribution < 1.29 is 67.3 Å². The first kappa shape index (κ1) is 45.3. The molecule has 1 aromatic rings. The number of allylic oxidation sites excluding steroid dienone is 3. The van der Waals surface area contributed by atoms with E-state index >= 15 is 0 Å². The van der Waals surface area contributed by atoms with E-state index in [0.29, 0.717) is 40.9 Å². The van der Waals surface area contributed by atoms with Crippen LogP contribution in [0.2, 0.25) is 0 Å². The zero-order chi connectivity index (χ0) is 43.2. The molecule has 1 fully saturated rings. The number of carbonyl (C=O) groups is 3. The zero-order valence-corrected chi connectivity index (χ0v) is 34.7. The van der Waals surface area contributed by atoms with Crippen LogP contribution in [0.15, 0.2) is 75.9 Å². The first-order chi connectivity index (χ1) is 27.7. The molecule has 1 saturated heterocycles. The van der Waals surface area contributed by atoms with Gasteiger partial charge < -0.3 is 32.5 Å². The van der Waals surface area contributed by atoms with Crippen molar-refractivity contribution in [1.29, 1.82) is 0 Å². The van der Waals surface area contributed by atoms with Crippen molar-refractivity contribution in [3.63, 3.8) is 0 Å². The van der Waals surface area contributed by atoms with Crippen LogP contribution in [0.5, 0.6) is 0 Å². The second-order valence-electron chi connectivity index (χ2n) is 14.1. The highest BCUT2D eigenvalue weighted by Gasteiger charge is 2.43. The maximum Gasteiger partial charge on any atom is 0.335 e. The highest BCUT2D eigenvalue weighted by Crippen LogP contribution is 2.51. The minimum atomic E-state index is -4.91. The van der Waals surface area contributed by atoms with E-state index < -0.39 is 70.0 Å². The molecule has 1 atom stereocenters. The van der Waals surface area contributed by atoms with Crippen molar-refractivity contribution in [2.24, 2.45) is 0 Å². The molecule has 3 heterocycles. The van der Waals surface area contributed by atoms with Crippen LogP contribution in [0.4, 0.5) is 5.69 Å². The summed E-state index contributed by atoms with van der Waals surface area (Å²) >= 11 is 0. The third kappa shape index (κ3) is 11.7. The Balaban J connectivity index is 1.45. The number of hydrogen-bond donors (Lipinski definition) is 0. The Bertz CT molecular complexity index is 2510. The molecule has 1 aliphatic carbocycles. The van der Waals surface area contributed by atoms with Gasteiger partial charge in [0.2, 0.25) is 5.36 Å². The van der Waals surface area contributed by atoms with Crippen molar-refractivity contribution in [1.82, 2.24) is 9.64 Å². The van der Waals surface area contributed by atoms with E-state index in [1.807, 2.05) is 23.6 Å². The third-order valence-electron chi connectivity index (χ3n) is 10.00. The van der Waals surface area contributed by atoms with Gasteiger partial charge in [0.05, 0.1) is 57.1 Å². The lowest BCUT2D eigenvalue weighted by atomic mass is 9.77. The number of ether oxygens (including phenoxy) is 1. The molecule has 0 saturated carbocycles. The summed E-state index contributed by atoms with van der Waals surface area (Å²) in [5, 5.41) is 1.19. The van der Waals surface area contributed by atoms with Crippen molar-refractivity contribution in [3.8, 4) is 11.3 Å². The van der Waals surface area contributed by atoms with Crippen LogP contribution < -0.4 is 14.8 Å². The maximum absolute atomic E-state index is 12.3. The maximum atomic E-state index is 12.3. The lowest BCUT2D eigenvalue weighted by Crippen LogP contribution is -2.33. The molecule has 5 rings (SSSR count). The summed E-state index contributed by atoms with van der Waals surface area (Å²) in [6, 6.07) is 11.0. The highest BCUT2D eigenvalue weighted by molar-refractivity contribution is 7.86. The SMILES string of the molecule is CC[N+](CCCS(=O)(=O)[O-])=c1ccc2c(/C=C/C=C3/N(CCOCCC(=O)ON4C(=O)CCC4=O)c4ccc(S(=O)(=O)[O-])cc4C3(C)CCCS(=O)(=O)[O-])ccoc-2c1. The molecule has 0 spiro atoms. The number of benzene rings is 2. The fourth-order valence-corrected chi connectivity index (χ4v) is 8.59. The van der Waals surface area contributed by atoms with Crippen molar-refractivity contribution in [2.75, 3.05) is 49.3 Å². The van der Waals surface area contributed by atoms with Gasteiger partial charge in [-0.3, -0.25) is 9.59 Å². The van der Waals surface area contributed by atoms with Gasteiger partial charge in [-0.2, -0.15) is 0 Å². The number of hydrogen-bond acceptors (Lipinski definition) is 16. The molecular formula is C38H43N3O15S3-2. The number of nitrogens with zero attached hydrogens (tertiary/aromatic N) is 3. The van der Waals surface area contributed by atoms with Gasteiger partial charge in [0.15, 0.2) is 0 Å². The first-order valence-electron chi connectivity index (χ1n) is 18.6. The second-order valence-corrected chi connectivity index (χ2v) is 18.5. The van der Waals surface area contributed by atoms with E-state index in [4.69, 9.17) is 14.0 Å². The molecule has 1 unspecified atom stereocenters. The molecule has 18 nitrogen and oxygen atoms in total. The molecule has 59 heavy (non-hydrogen) atoms. The van der Waals surface area contributed by atoms with Crippen LogP contribution >= 0.6 is 0 Å². The number of amides is 2. The molecule has 0 bridgehead atoms. The smallest absolute Gasteiger partial charge is 0.335 e. The summed E-state index contributed by atoms with van der Waals surface area (Å²) in [4.78, 5) is 42.0. The van der Waals surface area contributed by atoms with Crippen LogP contribution in [0.1, 0.15) is 63.5 Å². The van der Waals surface area contributed by atoms with Gasteiger partial charge in [-0.05, 0) is 74.2 Å². The number of fused-ring (bicyclic) bond motifs is 2. The Morgan fingerprint density at radius 2 is 1.63 bits per heavy atom. The molecule has 320 valence electrons. The van der Waals surface area contributed by atoms with Gasteiger partial charge in [-0.1, -0.05) is 12.2 Å². The van der Waals surface area contributed by atoms with Crippen LogP contribution in [0.25, 0.3) is 17.4 Å². The molecular weight excluding hydrogens is 835 g/mol. The summed E-state index contributed by atoms with van der Waals surface area (Å²) in [6.45, 7) is 4.48. The van der Waals surface area contributed by atoms with Crippen molar-refractivity contribution in [3.05, 3.63) is 83.1 Å². The normalized spacial score (nSPS) is 18.7. The Hall–Kier alpha value is -4.77. The summed E-state index contributed by atoms with van der Waals surface area (Å²) in [7, 11) is -13.9.